The van der Waals surface area contributed by atoms with Crippen LogP contribution in [0.15, 0.2) is 84.9 Å². The first-order valence-corrected chi connectivity index (χ1v) is 9.83. The highest BCUT2D eigenvalue weighted by molar-refractivity contribution is 5.92. The highest BCUT2D eigenvalue weighted by atomic mass is 16.5. The summed E-state index contributed by atoms with van der Waals surface area (Å²) in [5, 5.41) is 38.1. The second-order valence-corrected chi connectivity index (χ2v) is 7.23. The quantitative estimate of drug-likeness (QED) is 0.305. The predicted octanol–water partition coefficient (Wildman–Crippen LogP) is 5.62. The molecular weight excluding hydrogens is 424 g/mol. The molecule has 4 aromatic carbocycles. The van der Waals surface area contributed by atoms with Gasteiger partial charge in [0.1, 0.15) is 23.0 Å². The van der Waals surface area contributed by atoms with Crippen molar-refractivity contribution in [2.45, 2.75) is 0 Å². The Morgan fingerprint density at radius 2 is 0.909 bits per heavy atom. The van der Waals surface area contributed by atoms with Gasteiger partial charge in [-0.2, -0.15) is 0 Å². The summed E-state index contributed by atoms with van der Waals surface area (Å²) in [6.07, 6.45) is 0. The largest absolute Gasteiger partial charge is 0.508 e. The van der Waals surface area contributed by atoms with Crippen LogP contribution in [0.2, 0.25) is 0 Å². The molecule has 0 aliphatic rings. The van der Waals surface area contributed by atoms with Crippen LogP contribution in [0.1, 0.15) is 20.7 Å². The maximum absolute atomic E-state index is 11.5. The van der Waals surface area contributed by atoms with E-state index in [0.29, 0.717) is 33.8 Å². The second kappa shape index (κ2) is 8.76. The van der Waals surface area contributed by atoms with Crippen LogP contribution in [0, 0.1) is 0 Å². The Bertz CT molecular complexity index is 1240. The average molecular weight is 442 g/mol. The third-order valence-electron chi connectivity index (χ3n) is 5.03. The molecule has 0 fully saturated rings. The van der Waals surface area contributed by atoms with Crippen molar-refractivity contribution >= 4 is 11.9 Å². The fourth-order valence-corrected chi connectivity index (χ4v) is 3.36. The van der Waals surface area contributed by atoms with Crippen LogP contribution in [-0.2, 0) is 0 Å². The Morgan fingerprint density at radius 1 is 0.545 bits per heavy atom. The van der Waals surface area contributed by atoms with Gasteiger partial charge in [-0.25, -0.2) is 9.59 Å². The minimum absolute atomic E-state index is 0.0606. The smallest absolute Gasteiger partial charge is 0.335 e. The van der Waals surface area contributed by atoms with Crippen molar-refractivity contribution < 1.29 is 34.8 Å². The van der Waals surface area contributed by atoms with Crippen molar-refractivity contribution in [3.8, 4) is 45.3 Å². The fraction of sp³-hybridized carbons (Fsp3) is 0. The first kappa shape index (κ1) is 21.5. The van der Waals surface area contributed by atoms with Gasteiger partial charge in [0, 0.05) is 11.1 Å². The third-order valence-corrected chi connectivity index (χ3v) is 5.03. The van der Waals surface area contributed by atoms with E-state index in [-0.39, 0.29) is 22.6 Å². The molecule has 0 saturated heterocycles. The number of hydrogen-bond acceptors (Lipinski definition) is 5. The van der Waals surface area contributed by atoms with Crippen molar-refractivity contribution in [2.75, 3.05) is 0 Å². The lowest BCUT2D eigenvalue weighted by Crippen LogP contribution is -2.00. The van der Waals surface area contributed by atoms with Gasteiger partial charge in [-0.1, -0.05) is 24.3 Å². The topological polar surface area (TPSA) is 124 Å². The van der Waals surface area contributed by atoms with Crippen LogP contribution < -0.4 is 4.74 Å². The maximum atomic E-state index is 11.5. The number of carbonyl (C=O) groups is 2. The predicted molar refractivity (Wildman–Crippen MR) is 121 cm³/mol. The first-order valence-electron chi connectivity index (χ1n) is 9.83. The minimum Gasteiger partial charge on any atom is -0.508 e. The summed E-state index contributed by atoms with van der Waals surface area (Å²) in [6, 6.07) is 21.3. The number of ether oxygens (including phenoxy) is 1. The molecule has 4 rings (SSSR count). The van der Waals surface area contributed by atoms with E-state index in [4.69, 9.17) is 4.74 Å². The van der Waals surface area contributed by atoms with Gasteiger partial charge in [0.25, 0.3) is 0 Å². The Kier molecular flexibility index (Phi) is 5.69. The van der Waals surface area contributed by atoms with E-state index < -0.39 is 11.9 Å². The Labute approximate surface area is 188 Å². The Morgan fingerprint density at radius 3 is 1.24 bits per heavy atom. The van der Waals surface area contributed by atoms with E-state index >= 15 is 0 Å². The molecule has 4 N–H and O–H groups in total. The van der Waals surface area contributed by atoms with E-state index in [2.05, 4.69) is 0 Å². The monoisotopic (exact) mass is 442 g/mol. The average Bonchev–Trinajstić information content (AvgIpc) is 2.80. The van der Waals surface area contributed by atoms with Gasteiger partial charge in [0.15, 0.2) is 0 Å². The summed E-state index contributed by atoms with van der Waals surface area (Å²) in [5.41, 5.74) is 2.33. The molecule has 0 bridgehead atoms. The molecule has 0 heterocycles. The zero-order chi connectivity index (χ0) is 23.5. The Hall–Kier alpha value is -4.78. The molecule has 0 amide bonds. The van der Waals surface area contributed by atoms with Crippen LogP contribution in [0.4, 0.5) is 0 Å². The second-order valence-electron chi connectivity index (χ2n) is 7.23. The van der Waals surface area contributed by atoms with Crippen molar-refractivity contribution in [2.24, 2.45) is 0 Å². The number of benzene rings is 4. The van der Waals surface area contributed by atoms with Gasteiger partial charge in [-0.3, -0.25) is 0 Å². The molecule has 0 atom stereocenters. The van der Waals surface area contributed by atoms with Gasteiger partial charge in [-0.15, -0.1) is 0 Å². The number of carboxylic acid groups (broad SMARTS) is 2. The lowest BCUT2D eigenvalue weighted by Gasteiger charge is -2.16. The Balaban J connectivity index is 1.85. The van der Waals surface area contributed by atoms with E-state index in [1.54, 1.807) is 24.3 Å². The molecule has 0 aliphatic carbocycles. The van der Waals surface area contributed by atoms with E-state index in [0.717, 1.165) is 0 Å². The summed E-state index contributed by atoms with van der Waals surface area (Å²) in [4.78, 5) is 23.0. The molecule has 33 heavy (non-hydrogen) atoms. The van der Waals surface area contributed by atoms with E-state index in [1.165, 1.54) is 60.7 Å². The third kappa shape index (κ3) is 4.62. The van der Waals surface area contributed by atoms with Gasteiger partial charge >= 0.3 is 11.9 Å². The highest BCUT2D eigenvalue weighted by Gasteiger charge is 2.16. The molecule has 4 aromatic rings. The maximum Gasteiger partial charge on any atom is 0.335 e. The van der Waals surface area contributed by atoms with Gasteiger partial charge < -0.3 is 25.2 Å². The van der Waals surface area contributed by atoms with E-state index in [1.807, 2.05) is 0 Å². The molecule has 0 aliphatic heterocycles. The number of carboxylic acids is 2. The minimum atomic E-state index is -1.10. The lowest BCUT2D eigenvalue weighted by atomic mass is 10.00. The normalized spacial score (nSPS) is 10.5. The molecular formula is C26H18O7. The van der Waals surface area contributed by atoms with Crippen molar-refractivity contribution in [3.05, 3.63) is 96.1 Å². The standard InChI is InChI=1S/C26H18O7/c27-19-7-1-15(2-8-19)21-13-17(25(29)30)5-11-23(21)33-24-12-6-18(26(31)32)14-22(24)16-3-9-20(28)10-4-16/h1-14,27-28H,(H,29,30)(H,31,32). The van der Waals surface area contributed by atoms with Gasteiger partial charge in [0.2, 0.25) is 0 Å². The lowest BCUT2D eigenvalue weighted by molar-refractivity contribution is 0.0686. The summed E-state index contributed by atoms with van der Waals surface area (Å²) in [7, 11) is 0. The van der Waals surface area contributed by atoms with Crippen LogP contribution in [-0.4, -0.2) is 32.4 Å². The zero-order valence-corrected chi connectivity index (χ0v) is 17.1. The molecule has 164 valence electrons. The highest BCUT2D eigenvalue weighted by Crippen LogP contribution is 2.39. The molecule has 7 nitrogen and oxygen atoms in total. The molecule has 0 spiro atoms. The summed E-state index contributed by atoms with van der Waals surface area (Å²) in [6.45, 7) is 0. The molecule has 0 radical (unpaired) electrons. The van der Waals surface area contributed by atoms with Crippen LogP contribution >= 0.6 is 0 Å². The van der Waals surface area contributed by atoms with Crippen molar-refractivity contribution in [1.29, 1.82) is 0 Å². The van der Waals surface area contributed by atoms with Crippen LogP contribution in [0.5, 0.6) is 23.0 Å². The van der Waals surface area contributed by atoms with Crippen molar-refractivity contribution in [1.82, 2.24) is 0 Å². The number of rotatable bonds is 6. The number of aromatic carboxylic acids is 2. The summed E-state index contributed by atoms with van der Waals surface area (Å²) in [5.74, 6) is -1.39. The molecule has 0 saturated carbocycles. The summed E-state index contributed by atoms with van der Waals surface area (Å²) >= 11 is 0. The zero-order valence-electron chi connectivity index (χ0n) is 17.1. The molecule has 7 heteroatoms. The van der Waals surface area contributed by atoms with E-state index in [9.17, 15) is 30.0 Å². The van der Waals surface area contributed by atoms with Crippen LogP contribution in [0.25, 0.3) is 22.3 Å². The number of phenols is 2. The molecule has 0 unspecified atom stereocenters. The van der Waals surface area contributed by atoms with Gasteiger partial charge in [-0.05, 0) is 71.8 Å². The SMILES string of the molecule is O=C(O)c1ccc(Oc2ccc(C(=O)O)cc2-c2ccc(O)cc2)c(-c2ccc(O)cc2)c1. The van der Waals surface area contributed by atoms with Crippen LogP contribution in [0.3, 0.4) is 0 Å². The number of hydrogen-bond donors (Lipinski definition) is 4. The number of phenolic OH excluding ortho intramolecular Hbond substituents is 2. The first-order chi connectivity index (χ1) is 15.8. The van der Waals surface area contributed by atoms with Crippen molar-refractivity contribution in [3.63, 3.8) is 0 Å². The van der Waals surface area contributed by atoms with Gasteiger partial charge in [0.05, 0.1) is 11.1 Å². The summed E-state index contributed by atoms with van der Waals surface area (Å²) < 4.78 is 6.17. The molecule has 0 aromatic heterocycles. The number of aromatic hydroxyl groups is 2. The fourth-order valence-electron chi connectivity index (χ4n) is 3.36.